The SMILES string of the molecule is COc1ccccc1CCC(=O)N(C)CCC(C)Cn1ccc2nc(-c3cn[nH]c3)ccc21. The second-order valence-electron chi connectivity index (χ2n) is 8.58. The molecule has 0 aliphatic heterocycles. The van der Waals surface area contributed by atoms with Crippen molar-refractivity contribution in [3.63, 3.8) is 0 Å². The van der Waals surface area contributed by atoms with E-state index in [1.54, 1.807) is 13.3 Å². The van der Waals surface area contributed by atoms with Crippen molar-refractivity contribution in [2.75, 3.05) is 20.7 Å². The molecule has 0 aliphatic rings. The van der Waals surface area contributed by atoms with Gasteiger partial charge in [-0.1, -0.05) is 25.1 Å². The fraction of sp³-hybridized carbons (Fsp3) is 0.346. The molecule has 0 bridgehead atoms. The maximum absolute atomic E-state index is 12.6. The Morgan fingerprint density at radius 1 is 1.21 bits per heavy atom. The van der Waals surface area contributed by atoms with Crippen LogP contribution in [0.4, 0.5) is 0 Å². The number of ether oxygens (including phenoxy) is 1. The van der Waals surface area contributed by atoms with Crippen molar-refractivity contribution in [3.05, 3.63) is 66.6 Å². The fourth-order valence-electron chi connectivity index (χ4n) is 4.09. The summed E-state index contributed by atoms with van der Waals surface area (Å²) in [4.78, 5) is 19.2. The molecule has 0 radical (unpaired) electrons. The van der Waals surface area contributed by atoms with Crippen molar-refractivity contribution >= 4 is 16.9 Å². The Kier molecular flexibility index (Phi) is 7.07. The first kappa shape index (κ1) is 22.6. The molecule has 0 saturated heterocycles. The Morgan fingerprint density at radius 2 is 2.06 bits per heavy atom. The van der Waals surface area contributed by atoms with E-state index < -0.39 is 0 Å². The van der Waals surface area contributed by atoms with Gasteiger partial charge in [0.25, 0.3) is 0 Å². The van der Waals surface area contributed by atoms with Gasteiger partial charge in [0.05, 0.1) is 30.0 Å². The summed E-state index contributed by atoms with van der Waals surface area (Å²) in [6.45, 7) is 3.86. The average Bonchev–Trinajstić information content (AvgIpc) is 3.51. The Hall–Kier alpha value is -3.61. The Bertz CT molecular complexity index is 1200. The molecular formula is C26H31N5O2. The monoisotopic (exact) mass is 445 g/mol. The third-order valence-corrected chi connectivity index (χ3v) is 6.11. The van der Waals surface area contributed by atoms with Crippen LogP contribution in [0.25, 0.3) is 22.3 Å². The second kappa shape index (κ2) is 10.3. The number of amides is 1. The number of pyridine rings is 1. The van der Waals surface area contributed by atoms with Crippen LogP contribution >= 0.6 is 0 Å². The van der Waals surface area contributed by atoms with E-state index in [2.05, 4.69) is 40.0 Å². The van der Waals surface area contributed by atoms with Gasteiger partial charge in [0, 0.05) is 44.5 Å². The summed E-state index contributed by atoms with van der Waals surface area (Å²) in [6.07, 6.45) is 7.83. The number of nitrogens with zero attached hydrogens (tertiary/aromatic N) is 4. The molecular weight excluding hydrogens is 414 g/mol. The molecule has 1 N–H and O–H groups in total. The van der Waals surface area contributed by atoms with Gasteiger partial charge in [0.2, 0.25) is 5.91 Å². The molecule has 0 fully saturated rings. The maximum atomic E-state index is 12.6. The molecule has 7 heteroatoms. The van der Waals surface area contributed by atoms with Crippen LogP contribution in [-0.2, 0) is 17.8 Å². The highest BCUT2D eigenvalue weighted by atomic mass is 16.5. The minimum absolute atomic E-state index is 0.162. The zero-order valence-electron chi connectivity index (χ0n) is 19.5. The normalized spacial score (nSPS) is 12.1. The number of nitrogens with one attached hydrogen (secondary N) is 1. The van der Waals surface area contributed by atoms with E-state index in [0.29, 0.717) is 18.8 Å². The van der Waals surface area contributed by atoms with Gasteiger partial charge in [-0.3, -0.25) is 9.89 Å². The van der Waals surface area contributed by atoms with Crippen LogP contribution in [0, 0.1) is 5.92 Å². The molecule has 3 aromatic heterocycles. The molecule has 33 heavy (non-hydrogen) atoms. The Morgan fingerprint density at radius 3 is 2.85 bits per heavy atom. The van der Waals surface area contributed by atoms with Gasteiger partial charge in [-0.25, -0.2) is 4.98 Å². The van der Waals surface area contributed by atoms with Crippen molar-refractivity contribution in [2.45, 2.75) is 32.7 Å². The first-order valence-electron chi connectivity index (χ1n) is 11.4. The molecule has 4 aromatic rings. The molecule has 1 unspecified atom stereocenters. The Labute approximate surface area is 194 Å². The largest absolute Gasteiger partial charge is 0.496 e. The number of hydrogen-bond donors (Lipinski definition) is 1. The number of fused-ring (bicyclic) bond motifs is 1. The summed E-state index contributed by atoms with van der Waals surface area (Å²) in [7, 11) is 3.56. The van der Waals surface area contributed by atoms with Crippen LogP contribution in [0.3, 0.4) is 0 Å². The summed E-state index contributed by atoms with van der Waals surface area (Å²) in [5.74, 6) is 1.43. The number of aromatic amines is 1. The number of H-pyrrole nitrogens is 1. The zero-order chi connectivity index (χ0) is 23.2. The highest BCUT2D eigenvalue weighted by molar-refractivity contribution is 5.79. The first-order chi connectivity index (χ1) is 16.0. The number of aryl methyl sites for hydroxylation is 1. The van der Waals surface area contributed by atoms with E-state index in [1.807, 2.05) is 48.5 Å². The van der Waals surface area contributed by atoms with Crippen LogP contribution in [0.15, 0.2) is 61.1 Å². The maximum Gasteiger partial charge on any atom is 0.222 e. The van der Waals surface area contributed by atoms with Gasteiger partial charge in [-0.15, -0.1) is 0 Å². The number of aromatic nitrogens is 4. The molecule has 0 saturated carbocycles. The minimum atomic E-state index is 0.162. The third-order valence-electron chi connectivity index (χ3n) is 6.11. The van der Waals surface area contributed by atoms with Gasteiger partial charge in [0.15, 0.2) is 0 Å². The van der Waals surface area contributed by atoms with Gasteiger partial charge in [-0.05, 0) is 48.6 Å². The van der Waals surface area contributed by atoms with Crippen LogP contribution in [0.1, 0.15) is 25.3 Å². The zero-order valence-corrected chi connectivity index (χ0v) is 19.5. The molecule has 172 valence electrons. The highest BCUT2D eigenvalue weighted by Gasteiger charge is 2.14. The van der Waals surface area contributed by atoms with E-state index in [9.17, 15) is 4.79 Å². The molecule has 0 aliphatic carbocycles. The van der Waals surface area contributed by atoms with Crippen molar-refractivity contribution in [3.8, 4) is 17.0 Å². The quantitative estimate of drug-likeness (QED) is 0.388. The van der Waals surface area contributed by atoms with Crippen molar-refractivity contribution in [1.29, 1.82) is 0 Å². The molecule has 1 amide bonds. The molecule has 1 atom stereocenters. The van der Waals surface area contributed by atoms with Gasteiger partial charge >= 0.3 is 0 Å². The smallest absolute Gasteiger partial charge is 0.222 e. The predicted molar refractivity (Wildman–Crippen MR) is 130 cm³/mol. The second-order valence-corrected chi connectivity index (χ2v) is 8.58. The summed E-state index contributed by atoms with van der Waals surface area (Å²) >= 11 is 0. The third kappa shape index (κ3) is 5.42. The van der Waals surface area contributed by atoms with Crippen LogP contribution in [0.2, 0.25) is 0 Å². The van der Waals surface area contributed by atoms with E-state index in [0.717, 1.165) is 53.1 Å². The van der Waals surface area contributed by atoms with Crippen LogP contribution in [0.5, 0.6) is 5.75 Å². The summed E-state index contributed by atoms with van der Waals surface area (Å²) in [6, 6.07) is 14.1. The molecule has 0 spiro atoms. The number of rotatable bonds is 10. The number of benzene rings is 1. The minimum Gasteiger partial charge on any atom is -0.496 e. The predicted octanol–water partition coefficient (Wildman–Crippen LogP) is 4.55. The lowest BCUT2D eigenvalue weighted by atomic mass is 10.1. The Balaban J connectivity index is 1.28. The summed E-state index contributed by atoms with van der Waals surface area (Å²) < 4.78 is 7.63. The highest BCUT2D eigenvalue weighted by Crippen LogP contribution is 2.22. The topological polar surface area (TPSA) is 76.0 Å². The average molecular weight is 446 g/mol. The molecule has 3 heterocycles. The fourth-order valence-corrected chi connectivity index (χ4v) is 4.09. The van der Waals surface area contributed by atoms with Gasteiger partial charge < -0.3 is 14.2 Å². The summed E-state index contributed by atoms with van der Waals surface area (Å²) in [5, 5.41) is 6.83. The number of carbonyl (C=O) groups is 1. The molecule has 7 nitrogen and oxygen atoms in total. The van der Waals surface area contributed by atoms with Gasteiger partial charge in [-0.2, -0.15) is 5.10 Å². The van der Waals surface area contributed by atoms with E-state index in [4.69, 9.17) is 9.72 Å². The number of hydrogen-bond acceptors (Lipinski definition) is 4. The summed E-state index contributed by atoms with van der Waals surface area (Å²) in [5.41, 5.74) is 5.06. The van der Waals surface area contributed by atoms with E-state index in [-0.39, 0.29) is 5.91 Å². The lowest BCUT2D eigenvalue weighted by Crippen LogP contribution is -2.29. The van der Waals surface area contributed by atoms with E-state index in [1.165, 1.54) is 0 Å². The first-order valence-corrected chi connectivity index (χ1v) is 11.4. The van der Waals surface area contributed by atoms with Gasteiger partial charge in [0.1, 0.15) is 5.75 Å². The number of methoxy groups -OCH3 is 1. The lowest BCUT2D eigenvalue weighted by molar-refractivity contribution is -0.130. The van der Waals surface area contributed by atoms with E-state index >= 15 is 0 Å². The van der Waals surface area contributed by atoms with Crippen LogP contribution < -0.4 is 4.74 Å². The molecule has 1 aromatic carbocycles. The lowest BCUT2D eigenvalue weighted by Gasteiger charge is -2.20. The standard InChI is InChI=1S/C26H31N5O2/c1-19(12-14-30(2)26(32)11-8-20-6-4-5-7-25(20)33-3)18-31-15-13-23-24(31)10-9-22(29-23)21-16-27-28-17-21/h4-7,9-10,13,15-17,19H,8,11-12,14,18H2,1-3H3,(H,27,28). The number of para-hydroxylation sites is 1. The number of carbonyl (C=O) groups excluding carboxylic acids is 1. The van der Waals surface area contributed by atoms with Crippen molar-refractivity contribution in [2.24, 2.45) is 5.92 Å². The molecule has 4 rings (SSSR count). The van der Waals surface area contributed by atoms with Crippen molar-refractivity contribution in [1.82, 2.24) is 24.6 Å². The van der Waals surface area contributed by atoms with Crippen molar-refractivity contribution < 1.29 is 9.53 Å². The van der Waals surface area contributed by atoms with Crippen LogP contribution in [-0.4, -0.2) is 51.3 Å².